The maximum absolute atomic E-state index is 10.4. The molecule has 152 valence electrons. The number of aryl methyl sites for hydroxylation is 1. The molecule has 0 bridgehead atoms. The molecule has 1 fully saturated rings. The van der Waals surface area contributed by atoms with Gasteiger partial charge in [-0.25, -0.2) is 4.98 Å². The lowest BCUT2D eigenvalue weighted by Crippen LogP contribution is -2.57. The predicted octanol–water partition coefficient (Wildman–Crippen LogP) is 0.396. The van der Waals surface area contributed by atoms with Gasteiger partial charge < -0.3 is 25.2 Å². The molecule has 2 aliphatic rings. The fraction of sp³-hybridized carbons (Fsp3) is 0.450. The molecule has 5 atom stereocenters. The van der Waals surface area contributed by atoms with Crippen molar-refractivity contribution in [3.8, 4) is 17.2 Å². The SMILES string of the molecule is N#Cc1c(S[C@@H]2O[C@H](CO)[C@H](O)[C@H](O)[C@H]2O)nc2c(c1-c1cccnc1)CCC2. The molecule has 0 spiro atoms. The lowest BCUT2D eigenvalue weighted by atomic mass is 9.97. The summed E-state index contributed by atoms with van der Waals surface area (Å²) in [4.78, 5) is 8.82. The summed E-state index contributed by atoms with van der Waals surface area (Å²) in [6, 6.07) is 5.93. The number of thioether (sulfide) groups is 1. The van der Waals surface area contributed by atoms with Gasteiger partial charge >= 0.3 is 0 Å². The lowest BCUT2D eigenvalue weighted by molar-refractivity contribution is -0.205. The Kier molecular flexibility index (Phi) is 5.83. The van der Waals surface area contributed by atoms with Crippen LogP contribution in [0.15, 0.2) is 29.6 Å². The first-order valence-corrected chi connectivity index (χ1v) is 10.3. The number of aromatic nitrogens is 2. The van der Waals surface area contributed by atoms with Crippen molar-refractivity contribution in [1.29, 1.82) is 5.26 Å². The molecule has 0 aromatic carbocycles. The molecule has 3 heterocycles. The van der Waals surface area contributed by atoms with Crippen LogP contribution in [0.2, 0.25) is 0 Å². The molecule has 4 N–H and O–H groups in total. The van der Waals surface area contributed by atoms with E-state index in [-0.39, 0.29) is 0 Å². The number of nitriles is 1. The summed E-state index contributed by atoms with van der Waals surface area (Å²) in [5, 5.41) is 50.1. The van der Waals surface area contributed by atoms with Crippen molar-refractivity contribution in [1.82, 2.24) is 9.97 Å². The second-order valence-corrected chi connectivity index (χ2v) is 8.20. The van der Waals surface area contributed by atoms with Gasteiger partial charge in [-0.3, -0.25) is 4.98 Å². The van der Waals surface area contributed by atoms with E-state index in [1.54, 1.807) is 12.4 Å². The van der Waals surface area contributed by atoms with Crippen LogP contribution in [0, 0.1) is 11.3 Å². The van der Waals surface area contributed by atoms with Crippen molar-refractivity contribution >= 4 is 11.8 Å². The highest BCUT2D eigenvalue weighted by Crippen LogP contribution is 2.41. The van der Waals surface area contributed by atoms with Gasteiger partial charge in [0.1, 0.15) is 40.9 Å². The minimum Gasteiger partial charge on any atom is -0.394 e. The molecule has 0 saturated carbocycles. The van der Waals surface area contributed by atoms with E-state index in [0.717, 1.165) is 53.4 Å². The molecule has 0 amide bonds. The molecular weight excluding hydrogens is 394 g/mol. The van der Waals surface area contributed by atoms with Gasteiger partial charge in [0.15, 0.2) is 0 Å². The Morgan fingerprint density at radius 2 is 2.03 bits per heavy atom. The van der Waals surface area contributed by atoms with Crippen LogP contribution in [-0.4, -0.2) is 66.9 Å². The number of ether oxygens (including phenoxy) is 1. The van der Waals surface area contributed by atoms with Crippen LogP contribution in [0.1, 0.15) is 23.2 Å². The van der Waals surface area contributed by atoms with Gasteiger partial charge in [-0.15, -0.1) is 0 Å². The van der Waals surface area contributed by atoms with Crippen LogP contribution in [-0.2, 0) is 17.6 Å². The highest BCUT2D eigenvalue weighted by atomic mass is 32.2. The van der Waals surface area contributed by atoms with Crippen LogP contribution in [0.25, 0.3) is 11.1 Å². The Hall–Kier alpha value is -2.06. The monoisotopic (exact) mass is 415 g/mol. The van der Waals surface area contributed by atoms with E-state index < -0.39 is 36.5 Å². The number of aliphatic hydroxyl groups excluding tert-OH is 4. The highest BCUT2D eigenvalue weighted by Gasteiger charge is 2.44. The predicted molar refractivity (Wildman–Crippen MR) is 104 cm³/mol. The number of fused-ring (bicyclic) bond motifs is 1. The third-order valence-corrected chi connectivity index (χ3v) is 6.47. The van der Waals surface area contributed by atoms with Gasteiger partial charge in [0, 0.05) is 29.2 Å². The number of pyridine rings is 2. The molecule has 1 aliphatic carbocycles. The van der Waals surface area contributed by atoms with E-state index >= 15 is 0 Å². The maximum Gasteiger partial charge on any atom is 0.138 e. The van der Waals surface area contributed by atoms with Crippen LogP contribution >= 0.6 is 11.8 Å². The molecule has 1 aliphatic heterocycles. The minimum atomic E-state index is -1.48. The summed E-state index contributed by atoms with van der Waals surface area (Å²) in [5.74, 6) is 0. The van der Waals surface area contributed by atoms with Crippen LogP contribution < -0.4 is 0 Å². The summed E-state index contributed by atoms with van der Waals surface area (Å²) in [5.41, 5.74) is 2.91. The van der Waals surface area contributed by atoms with E-state index in [1.165, 1.54) is 0 Å². The van der Waals surface area contributed by atoms with Crippen LogP contribution in [0.3, 0.4) is 0 Å². The molecule has 2 aromatic heterocycles. The third-order valence-electron chi connectivity index (χ3n) is 5.33. The molecule has 2 aromatic rings. The number of aliphatic hydroxyl groups is 4. The average molecular weight is 415 g/mol. The first-order chi connectivity index (χ1) is 14.0. The van der Waals surface area contributed by atoms with Gasteiger partial charge in [-0.05, 0) is 30.9 Å². The quantitative estimate of drug-likeness (QED) is 0.558. The Labute approximate surface area is 171 Å². The third kappa shape index (κ3) is 3.64. The first kappa shape index (κ1) is 20.2. The molecule has 29 heavy (non-hydrogen) atoms. The standard InChI is InChI=1S/C20H21N3O5S/c21-7-12-15(10-3-2-6-22-8-10)11-4-1-5-13(11)23-19(12)29-20-18(27)17(26)16(25)14(9-24)28-20/h2-3,6,8,14,16-18,20,24-27H,1,4-5,9H2/t14-,16+,17+,18-,20+/m1/s1. The number of rotatable bonds is 4. The van der Waals surface area contributed by atoms with Crippen LogP contribution in [0.5, 0.6) is 0 Å². The lowest BCUT2D eigenvalue weighted by Gasteiger charge is -2.39. The molecular formula is C20H21N3O5S. The Morgan fingerprint density at radius 3 is 2.72 bits per heavy atom. The van der Waals surface area contributed by atoms with Gasteiger partial charge in [0.25, 0.3) is 0 Å². The van der Waals surface area contributed by atoms with E-state index in [4.69, 9.17) is 4.74 Å². The molecule has 0 radical (unpaired) electrons. The summed E-state index contributed by atoms with van der Waals surface area (Å²) in [6.07, 6.45) is 0.608. The second-order valence-electron chi connectivity index (χ2n) is 7.11. The van der Waals surface area contributed by atoms with Gasteiger partial charge in [-0.1, -0.05) is 17.8 Å². The molecule has 1 saturated heterocycles. The van der Waals surface area contributed by atoms with Crippen LogP contribution in [0.4, 0.5) is 0 Å². The van der Waals surface area contributed by atoms with Crippen molar-refractivity contribution in [3.63, 3.8) is 0 Å². The fourth-order valence-corrected chi connectivity index (χ4v) is 5.00. The van der Waals surface area contributed by atoms with E-state index in [0.29, 0.717) is 10.6 Å². The minimum absolute atomic E-state index is 0.362. The highest BCUT2D eigenvalue weighted by molar-refractivity contribution is 7.99. The van der Waals surface area contributed by atoms with Gasteiger partial charge in [-0.2, -0.15) is 5.26 Å². The molecule has 9 heteroatoms. The summed E-state index contributed by atoms with van der Waals surface area (Å²) < 4.78 is 5.59. The average Bonchev–Trinajstić information content (AvgIpc) is 3.21. The zero-order valence-electron chi connectivity index (χ0n) is 15.5. The summed E-state index contributed by atoms with van der Waals surface area (Å²) in [7, 11) is 0. The van der Waals surface area contributed by atoms with E-state index in [1.807, 2.05) is 12.1 Å². The second kappa shape index (κ2) is 8.36. The zero-order valence-corrected chi connectivity index (χ0v) is 16.3. The summed E-state index contributed by atoms with van der Waals surface area (Å²) in [6.45, 7) is -0.508. The zero-order chi connectivity index (χ0) is 20.5. The van der Waals surface area contributed by atoms with Crippen molar-refractivity contribution in [2.24, 2.45) is 0 Å². The van der Waals surface area contributed by atoms with E-state index in [9.17, 15) is 25.7 Å². The first-order valence-electron chi connectivity index (χ1n) is 9.38. The number of hydrogen-bond acceptors (Lipinski definition) is 9. The van der Waals surface area contributed by atoms with Gasteiger partial charge in [0.05, 0.1) is 12.2 Å². The van der Waals surface area contributed by atoms with Crippen molar-refractivity contribution in [2.75, 3.05) is 6.61 Å². The number of nitrogens with zero attached hydrogens (tertiary/aromatic N) is 3. The van der Waals surface area contributed by atoms with Crippen molar-refractivity contribution < 1.29 is 25.2 Å². The van der Waals surface area contributed by atoms with Gasteiger partial charge in [0.2, 0.25) is 0 Å². The van der Waals surface area contributed by atoms with Crippen molar-refractivity contribution in [2.45, 2.75) is 54.1 Å². The Bertz CT molecular complexity index is 934. The van der Waals surface area contributed by atoms with Crippen molar-refractivity contribution in [3.05, 3.63) is 41.3 Å². The largest absolute Gasteiger partial charge is 0.394 e. The molecule has 4 rings (SSSR count). The smallest absolute Gasteiger partial charge is 0.138 e. The summed E-state index contributed by atoms with van der Waals surface area (Å²) >= 11 is 1.02. The fourth-order valence-electron chi connectivity index (χ4n) is 3.85. The molecule has 0 unspecified atom stereocenters. The molecule has 8 nitrogen and oxygen atoms in total. The topological polar surface area (TPSA) is 140 Å². The maximum atomic E-state index is 10.4. The Morgan fingerprint density at radius 1 is 1.21 bits per heavy atom. The normalized spacial score (nSPS) is 28.7. The Balaban J connectivity index is 1.76. The number of hydrogen-bond donors (Lipinski definition) is 4. The van der Waals surface area contributed by atoms with E-state index in [2.05, 4.69) is 16.0 Å².